The van der Waals surface area contributed by atoms with Gasteiger partial charge in [0.1, 0.15) is 11.6 Å². The smallest absolute Gasteiger partial charge is 0.130 e. The van der Waals surface area contributed by atoms with Gasteiger partial charge >= 0.3 is 0 Å². The lowest BCUT2D eigenvalue weighted by Gasteiger charge is -2.20. The van der Waals surface area contributed by atoms with Crippen LogP contribution in [0.3, 0.4) is 0 Å². The molecule has 0 N–H and O–H groups in total. The zero-order valence-electron chi connectivity index (χ0n) is 7.79. The van der Waals surface area contributed by atoms with Crippen LogP contribution in [0.1, 0.15) is 26.3 Å². The zero-order valence-corrected chi connectivity index (χ0v) is 9.37. The van der Waals surface area contributed by atoms with Crippen molar-refractivity contribution in [2.75, 3.05) is 0 Å². The second-order valence-corrected chi connectivity index (χ2v) is 4.91. The van der Waals surface area contributed by atoms with Crippen molar-refractivity contribution in [3.8, 4) is 0 Å². The lowest BCUT2D eigenvalue weighted by molar-refractivity contribution is 0.475. The quantitative estimate of drug-likeness (QED) is 0.651. The van der Waals surface area contributed by atoms with E-state index in [0.717, 1.165) is 0 Å². The first-order valence-corrected chi connectivity index (χ1v) is 4.76. The number of hydrogen-bond acceptors (Lipinski definition) is 0. The van der Waals surface area contributed by atoms with E-state index >= 15 is 0 Å². The summed E-state index contributed by atoms with van der Waals surface area (Å²) in [4.78, 5) is 0. The SMILES string of the molecule is CC(C)(C)c1c(F)cc(Br)cc1F. The van der Waals surface area contributed by atoms with Gasteiger partial charge in [0.25, 0.3) is 0 Å². The van der Waals surface area contributed by atoms with E-state index in [4.69, 9.17) is 0 Å². The van der Waals surface area contributed by atoms with Crippen LogP contribution >= 0.6 is 15.9 Å². The molecule has 3 heteroatoms. The molecule has 0 spiro atoms. The Balaban J connectivity index is 3.38. The van der Waals surface area contributed by atoms with Gasteiger partial charge in [-0.05, 0) is 17.5 Å². The van der Waals surface area contributed by atoms with Crippen molar-refractivity contribution in [3.63, 3.8) is 0 Å². The summed E-state index contributed by atoms with van der Waals surface area (Å²) in [6, 6.07) is 2.56. The molecule has 0 aliphatic carbocycles. The Hall–Kier alpha value is -0.440. The van der Waals surface area contributed by atoms with Gasteiger partial charge in [-0.15, -0.1) is 0 Å². The molecule has 0 saturated heterocycles. The fourth-order valence-corrected chi connectivity index (χ4v) is 1.66. The molecule has 1 aromatic rings. The molecule has 1 rings (SSSR count). The minimum atomic E-state index is -0.505. The average molecular weight is 249 g/mol. The molecule has 0 aliphatic heterocycles. The third-order valence-electron chi connectivity index (χ3n) is 1.76. The summed E-state index contributed by atoms with van der Waals surface area (Å²) < 4.78 is 27.1. The molecular weight excluding hydrogens is 238 g/mol. The van der Waals surface area contributed by atoms with Gasteiger partial charge in [0.2, 0.25) is 0 Å². The molecular formula is C10H11BrF2. The monoisotopic (exact) mass is 248 g/mol. The molecule has 0 amide bonds. The molecule has 13 heavy (non-hydrogen) atoms. The summed E-state index contributed by atoms with van der Waals surface area (Å²) in [6.45, 7) is 5.34. The maximum absolute atomic E-state index is 13.3. The van der Waals surface area contributed by atoms with Crippen molar-refractivity contribution < 1.29 is 8.78 Å². The maximum Gasteiger partial charge on any atom is 0.130 e. The largest absolute Gasteiger partial charge is 0.207 e. The van der Waals surface area contributed by atoms with Gasteiger partial charge in [0.05, 0.1) is 0 Å². The fourth-order valence-electron chi connectivity index (χ4n) is 1.26. The Morgan fingerprint density at radius 3 is 1.77 bits per heavy atom. The van der Waals surface area contributed by atoms with E-state index in [1.165, 1.54) is 12.1 Å². The van der Waals surface area contributed by atoms with Crippen LogP contribution in [0.2, 0.25) is 0 Å². The van der Waals surface area contributed by atoms with Crippen molar-refractivity contribution in [1.82, 2.24) is 0 Å². The minimum absolute atomic E-state index is 0.135. The first kappa shape index (κ1) is 10.6. The third-order valence-corrected chi connectivity index (χ3v) is 2.21. The first-order valence-electron chi connectivity index (χ1n) is 3.97. The van der Waals surface area contributed by atoms with Crippen LogP contribution in [0.4, 0.5) is 8.78 Å². The van der Waals surface area contributed by atoms with E-state index in [-0.39, 0.29) is 5.56 Å². The van der Waals surface area contributed by atoms with Gasteiger partial charge in [0, 0.05) is 10.0 Å². The Bertz CT molecular complexity index is 303. The summed E-state index contributed by atoms with van der Waals surface area (Å²) in [7, 11) is 0. The Morgan fingerprint density at radius 1 is 1.08 bits per heavy atom. The van der Waals surface area contributed by atoms with Crippen molar-refractivity contribution in [2.45, 2.75) is 26.2 Å². The van der Waals surface area contributed by atoms with Crippen molar-refractivity contribution >= 4 is 15.9 Å². The summed E-state index contributed by atoms with van der Waals surface area (Å²) >= 11 is 3.03. The molecule has 0 fully saturated rings. The molecule has 72 valence electrons. The van der Waals surface area contributed by atoms with E-state index in [1.54, 1.807) is 20.8 Å². The van der Waals surface area contributed by atoms with Gasteiger partial charge in [-0.2, -0.15) is 0 Å². The highest BCUT2D eigenvalue weighted by Crippen LogP contribution is 2.29. The molecule has 0 nitrogen and oxygen atoms in total. The zero-order chi connectivity index (χ0) is 10.2. The summed E-state index contributed by atoms with van der Waals surface area (Å²) in [5.74, 6) is -1.00. The van der Waals surface area contributed by atoms with E-state index in [2.05, 4.69) is 15.9 Å². The second kappa shape index (κ2) is 3.37. The van der Waals surface area contributed by atoms with Crippen molar-refractivity contribution in [3.05, 3.63) is 33.8 Å². The van der Waals surface area contributed by atoms with Crippen molar-refractivity contribution in [1.29, 1.82) is 0 Å². The minimum Gasteiger partial charge on any atom is -0.207 e. The third kappa shape index (κ3) is 2.27. The molecule has 1 aromatic carbocycles. The van der Waals surface area contributed by atoms with Gasteiger partial charge in [0.15, 0.2) is 0 Å². The van der Waals surface area contributed by atoms with Crippen LogP contribution < -0.4 is 0 Å². The Labute approximate surface area is 85.1 Å². The lowest BCUT2D eigenvalue weighted by atomic mass is 9.86. The number of benzene rings is 1. The van der Waals surface area contributed by atoms with Gasteiger partial charge in [-0.3, -0.25) is 0 Å². The molecule has 0 heterocycles. The summed E-state index contributed by atoms with van der Waals surface area (Å²) in [5.41, 5.74) is -0.370. The summed E-state index contributed by atoms with van der Waals surface area (Å²) in [6.07, 6.45) is 0. The highest BCUT2D eigenvalue weighted by molar-refractivity contribution is 9.10. The van der Waals surface area contributed by atoms with Gasteiger partial charge < -0.3 is 0 Å². The van der Waals surface area contributed by atoms with E-state index in [0.29, 0.717) is 4.47 Å². The molecule has 0 saturated carbocycles. The van der Waals surface area contributed by atoms with Crippen LogP contribution in [-0.2, 0) is 5.41 Å². The molecule has 0 aromatic heterocycles. The maximum atomic E-state index is 13.3. The molecule has 0 atom stereocenters. The van der Waals surface area contributed by atoms with Crippen LogP contribution in [0, 0.1) is 11.6 Å². The second-order valence-electron chi connectivity index (χ2n) is 3.99. The molecule has 0 radical (unpaired) electrons. The highest BCUT2D eigenvalue weighted by atomic mass is 79.9. The van der Waals surface area contributed by atoms with Crippen LogP contribution in [-0.4, -0.2) is 0 Å². The normalized spacial score (nSPS) is 11.8. The van der Waals surface area contributed by atoms with E-state index in [9.17, 15) is 8.78 Å². The van der Waals surface area contributed by atoms with Crippen LogP contribution in [0.5, 0.6) is 0 Å². The Kier molecular flexibility index (Phi) is 2.76. The lowest BCUT2D eigenvalue weighted by Crippen LogP contribution is -2.16. The predicted octanol–water partition coefficient (Wildman–Crippen LogP) is 4.02. The molecule has 0 aliphatic rings. The standard InChI is InChI=1S/C10H11BrF2/c1-10(2,3)9-7(12)4-6(11)5-8(9)13/h4-5H,1-3H3. The first-order chi connectivity index (χ1) is 5.82. The number of halogens is 3. The Morgan fingerprint density at radius 2 is 1.46 bits per heavy atom. The predicted molar refractivity (Wildman–Crippen MR) is 52.8 cm³/mol. The summed E-state index contributed by atoms with van der Waals surface area (Å²) in [5, 5.41) is 0. The van der Waals surface area contributed by atoms with E-state index in [1.807, 2.05) is 0 Å². The van der Waals surface area contributed by atoms with E-state index < -0.39 is 17.0 Å². The van der Waals surface area contributed by atoms with Crippen LogP contribution in [0.15, 0.2) is 16.6 Å². The number of hydrogen-bond donors (Lipinski definition) is 0. The fraction of sp³-hybridized carbons (Fsp3) is 0.400. The van der Waals surface area contributed by atoms with Crippen molar-refractivity contribution in [2.24, 2.45) is 0 Å². The molecule has 0 unspecified atom stereocenters. The number of rotatable bonds is 0. The highest BCUT2D eigenvalue weighted by Gasteiger charge is 2.23. The average Bonchev–Trinajstić information content (AvgIpc) is 1.78. The van der Waals surface area contributed by atoms with Crippen LogP contribution in [0.25, 0.3) is 0 Å². The van der Waals surface area contributed by atoms with Gasteiger partial charge in [-0.1, -0.05) is 36.7 Å². The van der Waals surface area contributed by atoms with Gasteiger partial charge in [-0.25, -0.2) is 8.78 Å². The topological polar surface area (TPSA) is 0 Å². The molecule has 0 bridgehead atoms.